The fourth-order valence-electron chi connectivity index (χ4n) is 0.942. The molecule has 3 nitrogen and oxygen atoms in total. The van der Waals surface area contributed by atoms with Gasteiger partial charge in [-0.05, 0) is 11.6 Å². The minimum Gasteiger partial charge on any atom is -0.275 e. The molecule has 1 aromatic heterocycles. The largest absolute Gasteiger partial charge is 0.281 e. The SMILES string of the molecule is N#Cc1cc(F)c(C(=O)Cl)c(C(F)F)n1. The van der Waals surface area contributed by atoms with E-state index in [9.17, 15) is 18.0 Å². The van der Waals surface area contributed by atoms with Gasteiger partial charge in [-0.1, -0.05) is 0 Å². The fraction of sp³-hybridized carbons (Fsp3) is 0.125. The molecule has 0 aliphatic heterocycles. The van der Waals surface area contributed by atoms with Crippen LogP contribution in [-0.4, -0.2) is 10.2 Å². The number of alkyl halides is 2. The molecule has 0 saturated carbocycles. The Morgan fingerprint density at radius 1 is 1.60 bits per heavy atom. The zero-order valence-electron chi connectivity index (χ0n) is 6.97. The van der Waals surface area contributed by atoms with E-state index in [2.05, 4.69) is 4.98 Å². The zero-order valence-corrected chi connectivity index (χ0v) is 7.73. The molecule has 15 heavy (non-hydrogen) atoms. The van der Waals surface area contributed by atoms with Gasteiger partial charge in [-0.2, -0.15) is 5.26 Å². The molecule has 1 aromatic rings. The topological polar surface area (TPSA) is 53.8 Å². The van der Waals surface area contributed by atoms with Crippen LogP contribution in [0.1, 0.15) is 28.2 Å². The first-order valence-electron chi connectivity index (χ1n) is 3.56. The summed E-state index contributed by atoms with van der Waals surface area (Å²) in [6, 6.07) is 1.96. The van der Waals surface area contributed by atoms with Crippen LogP contribution in [-0.2, 0) is 0 Å². The van der Waals surface area contributed by atoms with Crippen LogP contribution in [0.5, 0.6) is 0 Å². The number of pyridine rings is 1. The van der Waals surface area contributed by atoms with E-state index in [-0.39, 0.29) is 0 Å². The summed E-state index contributed by atoms with van der Waals surface area (Å²) in [4.78, 5) is 13.8. The highest BCUT2D eigenvalue weighted by atomic mass is 35.5. The highest BCUT2D eigenvalue weighted by molar-refractivity contribution is 6.67. The average Bonchev–Trinajstić information content (AvgIpc) is 2.15. The van der Waals surface area contributed by atoms with Gasteiger partial charge in [0.05, 0.1) is 5.56 Å². The number of aromatic nitrogens is 1. The molecule has 0 bridgehead atoms. The number of nitriles is 1. The van der Waals surface area contributed by atoms with Gasteiger partial charge in [-0.15, -0.1) is 0 Å². The van der Waals surface area contributed by atoms with Gasteiger partial charge >= 0.3 is 0 Å². The van der Waals surface area contributed by atoms with Gasteiger partial charge in [-0.3, -0.25) is 4.79 Å². The maximum Gasteiger partial charge on any atom is 0.281 e. The summed E-state index contributed by atoms with van der Waals surface area (Å²) in [7, 11) is 0. The van der Waals surface area contributed by atoms with Crippen LogP contribution in [0, 0.1) is 17.1 Å². The van der Waals surface area contributed by atoms with Crippen molar-refractivity contribution in [2.75, 3.05) is 0 Å². The Morgan fingerprint density at radius 2 is 2.20 bits per heavy atom. The molecule has 0 aliphatic carbocycles. The Balaban J connectivity index is 3.51. The van der Waals surface area contributed by atoms with Crippen molar-refractivity contribution in [3.05, 3.63) is 28.8 Å². The first kappa shape index (κ1) is 11.5. The molecule has 0 unspecified atom stereocenters. The second-order valence-electron chi connectivity index (χ2n) is 2.44. The van der Waals surface area contributed by atoms with Gasteiger partial charge in [0, 0.05) is 6.07 Å². The first-order valence-corrected chi connectivity index (χ1v) is 3.93. The van der Waals surface area contributed by atoms with Crippen molar-refractivity contribution in [2.24, 2.45) is 0 Å². The minimum absolute atomic E-state index is 0.538. The quantitative estimate of drug-likeness (QED) is 0.739. The lowest BCUT2D eigenvalue weighted by Gasteiger charge is -2.05. The summed E-state index contributed by atoms with van der Waals surface area (Å²) in [6.07, 6.45) is -3.18. The molecule has 1 heterocycles. The molecule has 0 atom stereocenters. The molecule has 0 N–H and O–H groups in total. The van der Waals surface area contributed by atoms with E-state index in [1.807, 2.05) is 0 Å². The minimum atomic E-state index is -3.18. The molecular formula is C8H2ClF3N2O. The summed E-state index contributed by atoms with van der Waals surface area (Å²) in [5.74, 6) is -1.28. The summed E-state index contributed by atoms with van der Waals surface area (Å²) in [5.41, 5.74) is -2.65. The molecule has 0 aromatic carbocycles. The average molecular weight is 235 g/mol. The lowest BCUT2D eigenvalue weighted by atomic mass is 10.2. The van der Waals surface area contributed by atoms with Crippen molar-refractivity contribution in [2.45, 2.75) is 6.43 Å². The van der Waals surface area contributed by atoms with E-state index in [0.29, 0.717) is 6.07 Å². The van der Waals surface area contributed by atoms with Gasteiger partial charge in [0.1, 0.15) is 23.3 Å². The standard InChI is InChI=1S/C8H2ClF3N2O/c9-7(15)5-4(10)1-3(2-13)14-6(5)8(11)12/h1,8H. The third-order valence-electron chi connectivity index (χ3n) is 1.52. The third-order valence-corrected chi connectivity index (χ3v) is 1.71. The molecule has 0 spiro atoms. The van der Waals surface area contributed by atoms with Gasteiger partial charge in [0.25, 0.3) is 11.7 Å². The van der Waals surface area contributed by atoms with Crippen molar-refractivity contribution in [3.8, 4) is 6.07 Å². The smallest absolute Gasteiger partial charge is 0.275 e. The number of hydrogen-bond acceptors (Lipinski definition) is 3. The molecule has 78 valence electrons. The van der Waals surface area contributed by atoms with Crippen LogP contribution >= 0.6 is 11.6 Å². The number of rotatable bonds is 2. The van der Waals surface area contributed by atoms with Gasteiger partial charge in [0.15, 0.2) is 0 Å². The lowest BCUT2D eigenvalue weighted by Crippen LogP contribution is -2.07. The summed E-state index contributed by atoms with van der Waals surface area (Å²) < 4.78 is 37.7. The Bertz CT molecular complexity index is 456. The Hall–Kier alpha value is -1.61. The van der Waals surface area contributed by atoms with Crippen molar-refractivity contribution >= 4 is 16.8 Å². The normalized spacial score (nSPS) is 10.1. The molecule has 0 aliphatic rings. The monoisotopic (exact) mass is 234 g/mol. The highest BCUT2D eigenvalue weighted by Gasteiger charge is 2.24. The van der Waals surface area contributed by atoms with E-state index in [0.717, 1.165) is 0 Å². The maximum absolute atomic E-state index is 13.1. The molecule has 7 heteroatoms. The van der Waals surface area contributed by atoms with Crippen LogP contribution in [0.3, 0.4) is 0 Å². The number of nitrogens with zero attached hydrogens (tertiary/aromatic N) is 2. The van der Waals surface area contributed by atoms with Crippen LogP contribution in [0.25, 0.3) is 0 Å². The van der Waals surface area contributed by atoms with Crippen molar-refractivity contribution in [1.82, 2.24) is 4.98 Å². The van der Waals surface area contributed by atoms with E-state index in [4.69, 9.17) is 16.9 Å². The number of hydrogen-bond donors (Lipinski definition) is 0. The molecular weight excluding hydrogens is 233 g/mol. The van der Waals surface area contributed by atoms with Gasteiger partial charge in [0.2, 0.25) is 0 Å². The molecule has 0 radical (unpaired) electrons. The molecule has 0 fully saturated rings. The predicted molar refractivity (Wildman–Crippen MR) is 44.1 cm³/mol. The summed E-state index contributed by atoms with van der Waals surface area (Å²) in [5, 5.41) is 6.98. The highest BCUT2D eigenvalue weighted by Crippen LogP contribution is 2.24. The third kappa shape index (κ3) is 2.25. The first-order chi connectivity index (χ1) is 6.97. The number of halogens is 4. The number of carbonyl (C=O) groups excluding carboxylic acids is 1. The van der Waals surface area contributed by atoms with Gasteiger partial charge < -0.3 is 0 Å². The van der Waals surface area contributed by atoms with E-state index < -0.39 is 34.4 Å². The fourth-order valence-corrected chi connectivity index (χ4v) is 1.13. The Kier molecular flexibility index (Phi) is 3.27. The van der Waals surface area contributed by atoms with Crippen LogP contribution in [0.4, 0.5) is 13.2 Å². The lowest BCUT2D eigenvalue weighted by molar-refractivity contribution is 0.105. The van der Waals surface area contributed by atoms with E-state index in [1.54, 1.807) is 0 Å². The van der Waals surface area contributed by atoms with E-state index >= 15 is 0 Å². The number of carbonyl (C=O) groups is 1. The van der Waals surface area contributed by atoms with E-state index in [1.165, 1.54) is 6.07 Å². The molecule has 1 rings (SSSR count). The van der Waals surface area contributed by atoms with Gasteiger partial charge in [-0.25, -0.2) is 18.2 Å². The van der Waals surface area contributed by atoms with Crippen molar-refractivity contribution in [1.29, 1.82) is 5.26 Å². The summed E-state index contributed by atoms with van der Waals surface area (Å²) >= 11 is 4.92. The Labute approximate surface area is 87.1 Å². The second kappa shape index (κ2) is 4.28. The molecule has 0 amide bonds. The Morgan fingerprint density at radius 3 is 2.60 bits per heavy atom. The second-order valence-corrected chi connectivity index (χ2v) is 2.78. The zero-order chi connectivity index (χ0) is 11.6. The van der Waals surface area contributed by atoms with Crippen LogP contribution < -0.4 is 0 Å². The predicted octanol–water partition coefficient (Wildman–Crippen LogP) is 2.41. The maximum atomic E-state index is 13.1. The van der Waals surface area contributed by atoms with Crippen LogP contribution in [0.15, 0.2) is 6.07 Å². The van der Waals surface area contributed by atoms with Crippen molar-refractivity contribution < 1.29 is 18.0 Å². The van der Waals surface area contributed by atoms with Crippen molar-refractivity contribution in [3.63, 3.8) is 0 Å². The summed E-state index contributed by atoms with van der Waals surface area (Å²) in [6.45, 7) is 0. The van der Waals surface area contributed by atoms with Crippen LogP contribution in [0.2, 0.25) is 0 Å². The molecule has 0 saturated heterocycles.